The number of ether oxygens (including phenoxy) is 4. The van der Waals surface area contributed by atoms with E-state index in [0.29, 0.717) is 70.4 Å². The average Bonchev–Trinajstić information content (AvgIpc) is 4.28. The summed E-state index contributed by atoms with van der Waals surface area (Å²) in [6.45, 7) is 2.29. The van der Waals surface area contributed by atoms with E-state index in [-0.39, 0.29) is 47.8 Å². The lowest BCUT2D eigenvalue weighted by atomic mass is 9.90. The Labute approximate surface area is 409 Å². The Balaban J connectivity index is 0.764. The molecule has 368 valence electrons. The molecule has 6 heterocycles. The molecule has 15 heteroatoms. The molecular weight excluding hydrogens is 887 g/mol. The van der Waals surface area contributed by atoms with Crippen LogP contribution in [-0.4, -0.2) is 120 Å². The zero-order valence-corrected chi connectivity index (χ0v) is 40.3. The van der Waals surface area contributed by atoms with Crippen molar-refractivity contribution in [3.8, 4) is 22.4 Å². The highest BCUT2D eigenvalue weighted by Crippen LogP contribution is 2.48. The second-order valence-corrected chi connectivity index (χ2v) is 20.6. The van der Waals surface area contributed by atoms with Crippen LogP contribution in [0.4, 0.5) is 9.59 Å². The summed E-state index contributed by atoms with van der Waals surface area (Å²) in [6, 6.07) is 20.3. The number of aromatic nitrogens is 2. The molecule has 7 aliphatic rings. The Morgan fingerprint density at radius 3 is 1.74 bits per heavy atom. The van der Waals surface area contributed by atoms with Gasteiger partial charge in [0.25, 0.3) is 0 Å². The molecule has 0 spiro atoms. The number of alkyl carbamates (subject to hydrolysis) is 2. The number of carbonyl (C=O) groups is 4. The van der Waals surface area contributed by atoms with Gasteiger partial charge in [0.1, 0.15) is 17.9 Å². The molecule has 4 saturated heterocycles. The number of hydrogen-bond donors (Lipinski definition) is 3. The van der Waals surface area contributed by atoms with Gasteiger partial charge in [0.15, 0.2) is 0 Å². The Bertz CT molecular complexity index is 2670. The van der Waals surface area contributed by atoms with Crippen molar-refractivity contribution in [3.05, 3.63) is 84.4 Å². The number of amides is 4. The quantitative estimate of drug-likeness (QED) is 0.133. The lowest BCUT2D eigenvalue weighted by Crippen LogP contribution is -2.57. The third kappa shape index (κ3) is 8.99. The summed E-state index contributed by atoms with van der Waals surface area (Å²) in [7, 11) is 2.68. The highest BCUT2D eigenvalue weighted by Gasteiger charge is 2.52. The lowest BCUT2D eigenvalue weighted by molar-refractivity contribution is -0.139. The minimum Gasteiger partial charge on any atom is -0.453 e. The summed E-state index contributed by atoms with van der Waals surface area (Å²) in [5.74, 6) is 1.50. The largest absolute Gasteiger partial charge is 0.453 e. The minimum absolute atomic E-state index is 0.00905. The van der Waals surface area contributed by atoms with Gasteiger partial charge in [-0.2, -0.15) is 0 Å². The van der Waals surface area contributed by atoms with E-state index in [1.807, 2.05) is 17.3 Å². The summed E-state index contributed by atoms with van der Waals surface area (Å²) < 4.78 is 21.2. The van der Waals surface area contributed by atoms with E-state index >= 15 is 0 Å². The molecule has 11 rings (SSSR count). The molecule has 2 saturated carbocycles. The van der Waals surface area contributed by atoms with Gasteiger partial charge in [-0.1, -0.05) is 61.4 Å². The number of carbonyl (C=O) groups excluding carboxylic acids is 4. The van der Waals surface area contributed by atoms with Crippen molar-refractivity contribution in [2.24, 2.45) is 28.7 Å². The van der Waals surface area contributed by atoms with Crippen molar-refractivity contribution in [3.63, 3.8) is 0 Å². The second-order valence-electron chi connectivity index (χ2n) is 20.6. The molecule has 3 N–H and O–H groups in total. The van der Waals surface area contributed by atoms with Gasteiger partial charge in [0.05, 0.1) is 38.2 Å². The molecule has 4 aromatic rings. The number of hydrogen-bond acceptors (Lipinski definition) is 10. The van der Waals surface area contributed by atoms with E-state index in [9.17, 15) is 19.2 Å². The van der Waals surface area contributed by atoms with E-state index in [1.165, 1.54) is 14.2 Å². The first kappa shape index (κ1) is 46.3. The van der Waals surface area contributed by atoms with Gasteiger partial charge in [0, 0.05) is 56.8 Å². The maximum atomic E-state index is 14.6. The normalized spacial score (nSPS) is 26.6. The fraction of sp³-hybridized carbons (Fsp3) is 0.527. The van der Waals surface area contributed by atoms with Crippen molar-refractivity contribution < 1.29 is 38.1 Å². The van der Waals surface area contributed by atoms with Crippen LogP contribution >= 0.6 is 0 Å². The zero-order valence-electron chi connectivity index (χ0n) is 40.3. The van der Waals surface area contributed by atoms with Crippen LogP contribution in [-0.2, 0) is 28.5 Å². The first-order chi connectivity index (χ1) is 34.2. The van der Waals surface area contributed by atoms with Crippen LogP contribution in [0.15, 0.2) is 78.1 Å². The Morgan fingerprint density at radius 2 is 1.16 bits per heavy atom. The topological polar surface area (TPSA) is 177 Å². The lowest BCUT2D eigenvalue weighted by Gasteiger charge is -2.37. The SMILES string of the molecule is COC(=O)N[C@H](C(=O)N1[C@H](C2=NC=C(c3ccc4cc(-c5ccc(-c6cnc([C@@H]7C[C@@H]8CCC[C@@H]8N7C(=O)[C@@H](NC(=O)OC)C7CCOCC7)[nH]6)cc5)ccc4c3)C2)C[C@@H]2CCC[C@@H]21)C1CCOCC1. The van der Waals surface area contributed by atoms with Crippen molar-refractivity contribution in [1.29, 1.82) is 0 Å². The van der Waals surface area contributed by atoms with Crippen molar-refractivity contribution in [2.75, 3.05) is 40.6 Å². The molecule has 8 atom stereocenters. The number of nitrogens with one attached hydrogen (secondary N) is 3. The first-order valence-electron chi connectivity index (χ1n) is 25.7. The number of aromatic amines is 1. The first-order valence-corrected chi connectivity index (χ1v) is 25.7. The smallest absolute Gasteiger partial charge is 0.407 e. The number of likely N-dealkylation sites (tertiary alicyclic amines) is 2. The molecule has 3 aromatic carbocycles. The van der Waals surface area contributed by atoms with Crippen LogP contribution in [0.25, 0.3) is 38.7 Å². The number of methoxy groups -OCH3 is 2. The van der Waals surface area contributed by atoms with E-state index in [4.69, 9.17) is 28.9 Å². The third-order valence-electron chi connectivity index (χ3n) is 16.9. The third-order valence-corrected chi connectivity index (χ3v) is 16.9. The number of rotatable bonds is 11. The molecule has 15 nitrogen and oxygen atoms in total. The Hall–Kier alpha value is -6.06. The molecule has 5 aliphatic heterocycles. The molecule has 1 aromatic heterocycles. The molecule has 2 aliphatic carbocycles. The van der Waals surface area contributed by atoms with Crippen LogP contribution in [0.1, 0.15) is 101 Å². The van der Waals surface area contributed by atoms with E-state index in [2.05, 4.69) is 81.2 Å². The summed E-state index contributed by atoms with van der Waals surface area (Å²) in [5.41, 5.74) is 7.40. The highest BCUT2D eigenvalue weighted by molar-refractivity contribution is 6.05. The predicted molar refractivity (Wildman–Crippen MR) is 264 cm³/mol. The summed E-state index contributed by atoms with van der Waals surface area (Å²) >= 11 is 0. The van der Waals surface area contributed by atoms with Gasteiger partial charge < -0.3 is 44.4 Å². The minimum atomic E-state index is -0.681. The van der Waals surface area contributed by atoms with Crippen molar-refractivity contribution in [2.45, 2.75) is 120 Å². The van der Waals surface area contributed by atoms with Crippen LogP contribution < -0.4 is 10.6 Å². The van der Waals surface area contributed by atoms with Crippen LogP contribution in [0.2, 0.25) is 0 Å². The highest BCUT2D eigenvalue weighted by atomic mass is 16.5. The second kappa shape index (κ2) is 20.0. The van der Waals surface area contributed by atoms with E-state index < -0.39 is 24.3 Å². The van der Waals surface area contributed by atoms with Crippen LogP contribution in [0, 0.1) is 23.7 Å². The van der Waals surface area contributed by atoms with Gasteiger partial charge in [-0.15, -0.1) is 0 Å². The van der Waals surface area contributed by atoms with E-state index in [0.717, 1.165) is 107 Å². The fourth-order valence-corrected chi connectivity index (χ4v) is 13.3. The summed E-state index contributed by atoms with van der Waals surface area (Å²) in [4.78, 5) is 71.9. The number of allylic oxidation sites excluding steroid dienone is 1. The van der Waals surface area contributed by atoms with Gasteiger partial charge in [-0.25, -0.2) is 14.6 Å². The molecule has 0 unspecified atom stereocenters. The maximum absolute atomic E-state index is 14.6. The predicted octanol–water partition coefficient (Wildman–Crippen LogP) is 8.60. The average molecular weight is 952 g/mol. The molecule has 70 heavy (non-hydrogen) atoms. The number of fused-ring (bicyclic) bond motifs is 3. The number of nitrogens with zero attached hydrogens (tertiary/aromatic N) is 4. The number of aliphatic imine (C=N–C) groups is 1. The Kier molecular flexibility index (Phi) is 13.2. The van der Waals surface area contributed by atoms with Gasteiger partial charge in [-0.05, 0) is 139 Å². The molecule has 4 amide bonds. The molecule has 0 radical (unpaired) electrons. The number of benzene rings is 3. The monoisotopic (exact) mass is 951 g/mol. The molecule has 0 bridgehead atoms. The van der Waals surface area contributed by atoms with Crippen LogP contribution in [0.5, 0.6) is 0 Å². The standard InChI is InChI=1S/C55H65N7O8/c1-67-54(65)59-49(34-17-21-69-22-18-34)52(63)61-45-7-3-5-40(45)28-47(61)43-27-42(30-56-43)39-16-15-37-25-36(13-14-38(37)26-39)32-9-11-33(12-10-32)44-31-57-51(58-44)48-29-41-6-4-8-46(41)62(48)53(64)50(60-55(66)68-2)35-19-23-70-24-20-35/h9-16,25-26,30-31,34-35,40-41,45-50H,3-8,17-24,27-29H2,1-2H3,(H,57,58)(H,59,65)(H,60,66)/t40-,41-,45-,46-,47-,48-,49-,50-/m0/s1. The van der Waals surface area contributed by atoms with Crippen LogP contribution in [0.3, 0.4) is 0 Å². The van der Waals surface area contributed by atoms with Gasteiger partial charge >= 0.3 is 12.2 Å². The number of H-pyrrole nitrogens is 1. The Morgan fingerprint density at radius 1 is 0.643 bits per heavy atom. The molecular formula is C55H65N7O8. The number of imidazole rings is 1. The fourth-order valence-electron chi connectivity index (χ4n) is 13.3. The van der Waals surface area contributed by atoms with Crippen molar-refractivity contribution in [1.82, 2.24) is 30.4 Å². The van der Waals surface area contributed by atoms with Crippen molar-refractivity contribution >= 4 is 46.1 Å². The summed E-state index contributed by atoms with van der Waals surface area (Å²) in [6.07, 6.45) is 14.3. The molecule has 6 fully saturated rings. The van der Waals surface area contributed by atoms with Gasteiger partial charge in [0.2, 0.25) is 11.8 Å². The maximum Gasteiger partial charge on any atom is 0.407 e. The summed E-state index contributed by atoms with van der Waals surface area (Å²) in [5, 5.41) is 8.11. The zero-order chi connectivity index (χ0) is 47.9. The van der Waals surface area contributed by atoms with E-state index in [1.54, 1.807) is 0 Å². The van der Waals surface area contributed by atoms with Gasteiger partial charge in [-0.3, -0.25) is 14.6 Å².